The molecule has 1 unspecified atom stereocenters. The summed E-state index contributed by atoms with van der Waals surface area (Å²) in [5.74, 6) is -0.00481. The Kier molecular flexibility index (Phi) is 5.80. The minimum atomic E-state index is -0.403. The van der Waals surface area contributed by atoms with Crippen LogP contribution in [0.4, 0.5) is 11.5 Å². The van der Waals surface area contributed by atoms with Gasteiger partial charge in [-0.1, -0.05) is 6.07 Å². The minimum absolute atomic E-state index is 0.106. The summed E-state index contributed by atoms with van der Waals surface area (Å²) in [6, 6.07) is 10.3. The van der Waals surface area contributed by atoms with E-state index in [9.17, 15) is 9.59 Å². The Hall–Kier alpha value is -2.93. The molecule has 7 heteroatoms. The number of esters is 1. The lowest BCUT2D eigenvalue weighted by molar-refractivity contribution is 0.0600. The summed E-state index contributed by atoms with van der Waals surface area (Å²) in [5, 5.41) is 5.96. The Bertz CT molecular complexity index is 771. The second-order valence-corrected chi connectivity index (χ2v) is 5.97. The van der Waals surface area contributed by atoms with Crippen molar-refractivity contribution < 1.29 is 19.1 Å². The maximum Gasteiger partial charge on any atom is 0.337 e. The number of hydrogen-bond acceptors (Lipinski definition) is 6. The number of benzene rings is 1. The molecule has 1 aromatic carbocycles. The Morgan fingerprint density at radius 3 is 2.85 bits per heavy atom. The quantitative estimate of drug-likeness (QED) is 0.774. The highest BCUT2D eigenvalue weighted by Gasteiger charge is 2.16. The molecule has 7 nitrogen and oxygen atoms in total. The van der Waals surface area contributed by atoms with Gasteiger partial charge < -0.3 is 20.1 Å². The zero-order valence-electron chi connectivity index (χ0n) is 14.5. The first-order valence-electron chi connectivity index (χ1n) is 8.47. The molecule has 0 bridgehead atoms. The average molecular weight is 355 g/mol. The van der Waals surface area contributed by atoms with Crippen LogP contribution in [0, 0.1) is 0 Å². The minimum Gasteiger partial charge on any atom is -0.465 e. The summed E-state index contributed by atoms with van der Waals surface area (Å²) < 4.78 is 10.2. The fraction of sp³-hybridized carbons (Fsp3) is 0.316. The van der Waals surface area contributed by atoms with Crippen LogP contribution in [0.1, 0.15) is 33.6 Å². The van der Waals surface area contributed by atoms with Crippen LogP contribution in [-0.4, -0.2) is 43.2 Å². The van der Waals surface area contributed by atoms with Crippen molar-refractivity contribution in [3.05, 3.63) is 53.7 Å². The van der Waals surface area contributed by atoms with Crippen LogP contribution in [-0.2, 0) is 9.47 Å². The van der Waals surface area contributed by atoms with E-state index in [2.05, 4.69) is 15.6 Å². The number of aromatic nitrogens is 1. The predicted molar refractivity (Wildman–Crippen MR) is 96.6 cm³/mol. The zero-order chi connectivity index (χ0) is 18.4. The monoisotopic (exact) mass is 355 g/mol. The molecular formula is C19H21N3O4. The van der Waals surface area contributed by atoms with E-state index in [1.54, 1.807) is 30.3 Å². The molecule has 0 spiro atoms. The van der Waals surface area contributed by atoms with Crippen LogP contribution < -0.4 is 10.6 Å². The lowest BCUT2D eigenvalue weighted by atomic mass is 10.2. The van der Waals surface area contributed by atoms with Gasteiger partial charge in [0.2, 0.25) is 0 Å². The molecule has 1 aromatic heterocycles. The zero-order valence-corrected chi connectivity index (χ0v) is 14.5. The number of nitrogens with zero attached hydrogens (tertiary/aromatic N) is 1. The van der Waals surface area contributed by atoms with Gasteiger partial charge in [0, 0.05) is 25.0 Å². The Labute approximate surface area is 151 Å². The number of pyridine rings is 1. The normalized spacial score (nSPS) is 16.1. The smallest absolute Gasteiger partial charge is 0.337 e. The largest absolute Gasteiger partial charge is 0.465 e. The molecule has 1 aliphatic rings. The highest BCUT2D eigenvalue weighted by molar-refractivity contribution is 5.94. The van der Waals surface area contributed by atoms with Crippen molar-refractivity contribution in [3.63, 3.8) is 0 Å². The van der Waals surface area contributed by atoms with Crippen LogP contribution in [0.25, 0.3) is 0 Å². The van der Waals surface area contributed by atoms with Crippen molar-refractivity contribution in [2.24, 2.45) is 0 Å². The molecule has 1 aliphatic heterocycles. The number of anilines is 2. The molecule has 0 aliphatic carbocycles. The summed E-state index contributed by atoms with van der Waals surface area (Å²) in [6.45, 7) is 1.28. The SMILES string of the molecule is COC(=O)c1cccc(Nc2ccc(C(=O)NCC3CCCO3)cn2)c1. The van der Waals surface area contributed by atoms with E-state index in [0.29, 0.717) is 29.2 Å². The molecule has 3 rings (SSSR count). The Balaban J connectivity index is 1.58. The first-order chi connectivity index (χ1) is 12.7. The third-order valence-corrected chi connectivity index (χ3v) is 4.10. The number of nitrogens with one attached hydrogen (secondary N) is 2. The van der Waals surface area contributed by atoms with Gasteiger partial charge in [-0.25, -0.2) is 9.78 Å². The fourth-order valence-corrected chi connectivity index (χ4v) is 2.71. The predicted octanol–water partition coefficient (Wildman–Crippen LogP) is 2.52. The van der Waals surface area contributed by atoms with Crippen molar-refractivity contribution in [1.29, 1.82) is 0 Å². The fourth-order valence-electron chi connectivity index (χ4n) is 2.71. The molecule has 2 aromatic rings. The van der Waals surface area contributed by atoms with Crippen molar-refractivity contribution in [3.8, 4) is 0 Å². The van der Waals surface area contributed by atoms with E-state index in [1.807, 2.05) is 6.07 Å². The van der Waals surface area contributed by atoms with Gasteiger partial charge in [-0.3, -0.25) is 4.79 Å². The molecule has 1 atom stereocenters. The lowest BCUT2D eigenvalue weighted by Gasteiger charge is -2.11. The van der Waals surface area contributed by atoms with Crippen LogP contribution in [0.3, 0.4) is 0 Å². The molecule has 2 heterocycles. The van der Waals surface area contributed by atoms with Gasteiger partial charge in [-0.2, -0.15) is 0 Å². The third-order valence-electron chi connectivity index (χ3n) is 4.10. The standard InChI is InChI=1S/C19H21N3O4/c1-25-19(24)13-4-2-5-15(10-13)22-17-8-7-14(11-20-17)18(23)21-12-16-6-3-9-26-16/h2,4-5,7-8,10-11,16H,3,6,9,12H2,1H3,(H,20,22)(H,21,23). The summed E-state index contributed by atoms with van der Waals surface area (Å²) in [5.41, 5.74) is 1.63. The second-order valence-electron chi connectivity index (χ2n) is 5.97. The Morgan fingerprint density at radius 2 is 2.15 bits per heavy atom. The van der Waals surface area contributed by atoms with E-state index in [4.69, 9.17) is 9.47 Å². The van der Waals surface area contributed by atoms with E-state index in [0.717, 1.165) is 19.4 Å². The second kappa shape index (κ2) is 8.44. The van der Waals surface area contributed by atoms with Crippen molar-refractivity contribution in [2.75, 3.05) is 25.6 Å². The summed E-state index contributed by atoms with van der Waals surface area (Å²) in [4.78, 5) is 28.0. The van der Waals surface area contributed by atoms with Gasteiger partial charge in [-0.05, 0) is 43.2 Å². The van der Waals surface area contributed by atoms with Crippen molar-refractivity contribution in [1.82, 2.24) is 10.3 Å². The number of methoxy groups -OCH3 is 1. The topological polar surface area (TPSA) is 89.5 Å². The summed E-state index contributed by atoms with van der Waals surface area (Å²) in [6.07, 6.45) is 3.64. The molecule has 1 amide bonds. The molecule has 26 heavy (non-hydrogen) atoms. The first kappa shape index (κ1) is 17.9. The molecular weight excluding hydrogens is 334 g/mol. The number of carbonyl (C=O) groups is 2. The number of amides is 1. The number of hydrogen-bond donors (Lipinski definition) is 2. The average Bonchev–Trinajstić information content (AvgIpc) is 3.20. The molecule has 2 N–H and O–H groups in total. The maximum absolute atomic E-state index is 12.1. The van der Waals surface area contributed by atoms with E-state index in [1.165, 1.54) is 13.3 Å². The maximum atomic E-state index is 12.1. The van der Waals surface area contributed by atoms with Gasteiger partial charge in [-0.15, -0.1) is 0 Å². The van der Waals surface area contributed by atoms with Gasteiger partial charge in [0.15, 0.2) is 0 Å². The Morgan fingerprint density at radius 1 is 1.27 bits per heavy atom. The first-order valence-corrected chi connectivity index (χ1v) is 8.47. The summed E-state index contributed by atoms with van der Waals surface area (Å²) in [7, 11) is 1.34. The van der Waals surface area contributed by atoms with Gasteiger partial charge in [0.05, 0.1) is 24.3 Å². The lowest BCUT2D eigenvalue weighted by Crippen LogP contribution is -2.31. The van der Waals surface area contributed by atoms with E-state index >= 15 is 0 Å². The van der Waals surface area contributed by atoms with Crippen LogP contribution in [0.2, 0.25) is 0 Å². The van der Waals surface area contributed by atoms with Gasteiger partial charge in [0.1, 0.15) is 5.82 Å². The van der Waals surface area contributed by atoms with Crippen molar-refractivity contribution in [2.45, 2.75) is 18.9 Å². The summed E-state index contributed by atoms with van der Waals surface area (Å²) >= 11 is 0. The molecule has 0 radical (unpaired) electrons. The van der Waals surface area contributed by atoms with Crippen LogP contribution >= 0.6 is 0 Å². The molecule has 0 saturated carbocycles. The van der Waals surface area contributed by atoms with Gasteiger partial charge in [0.25, 0.3) is 5.91 Å². The number of ether oxygens (including phenoxy) is 2. The van der Waals surface area contributed by atoms with Crippen molar-refractivity contribution >= 4 is 23.4 Å². The van der Waals surface area contributed by atoms with E-state index < -0.39 is 5.97 Å². The van der Waals surface area contributed by atoms with E-state index in [-0.39, 0.29) is 12.0 Å². The molecule has 1 fully saturated rings. The highest BCUT2D eigenvalue weighted by Crippen LogP contribution is 2.17. The van der Waals surface area contributed by atoms with Crippen LogP contribution in [0.15, 0.2) is 42.6 Å². The van der Waals surface area contributed by atoms with Gasteiger partial charge >= 0.3 is 5.97 Å². The number of carbonyl (C=O) groups excluding carboxylic acids is 2. The molecule has 1 saturated heterocycles. The van der Waals surface area contributed by atoms with Crippen LogP contribution in [0.5, 0.6) is 0 Å². The highest BCUT2D eigenvalue weighted by atomic mass is 16.5. The number of rotatable bonds is 6. The molecule has 136 valence electrons. The third kappa shape index (κ3) is 4.58.